The first kappa shape index (κ1) is 26.7. The molecule has 37 heavy (non-hydrogen) atoms. The second kappa shape index (κ2) is 12.8. The van der Waals surface area contributed by atoms with Crippen molar-refractivity contribution in [2.45, 2.75) is 57.3 Å². The Balaban J connectivity index is 1.32. The fourth-order valence-electron chi connectivity index (χ4n) is 5.10. The van der Waals surface area contributed by atoms with Gasteiger partial charge in [0, 0.05) is 56.7 Å². The number of rotatable bonds is 12. The van der Waals surface area contributed by atoms with Crippen LogP contribution in [0.1, 0.15) is 39.0 Å². The van der Waals surface area contributed by atoms with Crippen molar-refractivity contribution >= 4 is 23.6 Å². The van der Waals surface area contributed by atoms with Gasteiger partial charge in [-0.15, -0.1) is 0 Å². The van der Waals surface area contributed by atoms with Gasteiger partial charge in [0.1, 0.15) is 29.7 Å². The highest BCUT2D eigenvalue weighted by Gasteiger charge is 2.34. The van der Waals surface area contributed by atoms with Gasteiger partial charge in [0.25, 0.3) is 0 Å². The summed E-state index contributed by atoms with van der Waals surface area (Å²) in [5, 5.41) is 9.35. The lowest BCUT2D eigenvalue weighted by atomic mass is 10.1. The summed E-state index contributed by atoms with van der Waals surface area (Å²) < 4.78 is 31.9. The Kier molecular flexibility index (Phi) is 9.22. The number of piperidine rings is 1. The molecule has 0 amide bonds. The number of ether oxygens (including phenoxy) is 3. The van der Waals surface area contributed by atoms with Gasteiger partial charge in [-0.2, -0.15) is 0 Å². The van der Waals surface area contributed by atoms with Gasteiger partial charge in [0.15, 0.2) is 0 Å². The summed E-state index contributed by atoms with van der Waals surface area (Å²) in [6, 6.07) is 12.4. The fourth-order valence-corrected chi connectivity index (χ4v) is 5.10. The summed E-state index contributed by atoms with van der Waals surface area (Å²) >= 11 is 0. The highest BCUT2D eigenvalue weighted by molar-refractivity contribution is 5.69. The van der Waals surface area contributed by atoms with E-state index in [2.05, 4.69) is 4.90 Å². The summed E-state index contributed by atoms with van der Waals surface area (Å²) in [5.41, 5.74) is 1.48. The van der Waals surface area contributed by atoms with E-state index in [1.807, 2.05) is 36.1 Å². The molecule has 2 aliphatic heterocycles. The number of carbonyl (C=O) groups is 2. The van der Waals surface area contributed by atoms with E-state index in [4.69, 9.17) is 14.2 Å². The lowest BCUT2D eigenvalue weighted by Gasteiger charge is -2.34. The van der Waals surface area contributed by atoms with Crippen molar-refractivity contribution in [1.29, 1.82) is 0 Å². The molecule has 2 atom stereocenters. The molecule has 2 aromatic carbocycles. The zero-order valence-electron chi connectivity index (χ0n) is 21.2. The molecular formula is C28H35FN2O6. The van der Waals surface area contributed by atoms with Gasteiger partial charge < -0.3 is 33.9 Å². The normalized spacial score (nSPS) is 20.2. The van der Waals surface area contributed by atoms with E-state index in [9.17, 15) is 19.1 Å². The number of anilines is 2. The van der Waals surface area contributed by atoms with E-state index < -0.39 is 5.97 Å². The highest BCUT2D eigenvalue weighted by atomic mass is 19.1. The zero-order valence-corrected chi connectivity index (χ0v) is 21.2. The van der Waals surface area contributed by atoms with Crippen LogP contribution in [0.4, 0.5) is 15.8 Å². The van der Waals surface area contributed by atoms with Gasteiger partial charge >= 0.3 is 5.97 Å². The molecule has 0 bridgehead atoms. The first-order chi connectivity index (χ1) is 18.0. The molecule has 0 spiro atoms. The van der Waals surface area contributed by atoms with Gasteiger partial charge in [-0.25, -0.2) is 4.39 Å². The lowest BCUT2D eigenvalue weighted by Crippen LogP contribution is -2.38. The smallest absolute Gasteiger partial charge is 0.305 e. The van der Waals surface area contributed by atoms with Crippen LogP contribution in [0.2, 0.25) is 0 Å². The maximum atomic E-state index is 14.4. The third-order valence-electron chi connectivity index (χ3n) is 6.86. The quantitative estimate of drug-likeness (QED) is 0.331. The lowest BCUT2D eigenvalue weighted by molar-refractivity contribution is -0.137. The fraction of sp³-hybridized carbons (Fsp3) is 0.500. The van der Waals surface area contributed by atoms with Crippen molar-refractivity contribution < 1.29 is 33.3 Å². The van der Waals surface area contributed by atoms with Crippen molar-refractivity contribution in [3.05, 3.63) is 48.3 Å². The van der Waals surface area contributed by atoms with Crippen molar-refractivity contribution in [2.75, 3.05) is 42.6 Å². The molecule has 9 heteroatoms. The van der Waals surface area contributed by atoms with E-state index in [1.165, 1.54) is 6.07 Å². The van der Waals surface area contributed by atoms with Gasteiger partial charge in [0.05, 0.1) is 31.4 Å². The molecule has 2 aromatic rings. The summed E-state index contributed by atoms with van der Waals surface area (Å²) in [6.45, 7) is 4.74. The predicted octanol–water partition coefficient (Wildman–Crippen LogP) is 4.30. The monoisotopic (exact) mass is 514 g/mol. The third kappa shape index (κ3) is 7.13. The molecule has 2 fully saturated rings. The minimum absolute atomic E-state index is 0.0262. The number of halogens is 1. The summed E-state index contributed by atoms with van der Waals surface area (Å²) in [4.78, 5) is 26.1. The molecule has 0 unspecified atom stereocenters. The summed E-state index contributed by atoms with van der Waals surface area (Å²) in [6.07, 6.45) is 3.25. The van der Waals surface area contributed by atoms with Gasteiger partial charge in [-0.05, 0) is 49.7 Å². The van der Waals surface area contributed by atoms with Crippen LogP contribution in [0.5, 0.6) is 11.5 Å². The Labute approximate surface area is 216 Å². The molecule has 4 rings (SSSR count). The van der Waals surface area contributed by atoms with Crippen LogP contribution < -0.4 is 19.3 Å². The first-order valence-electron chi connectivity index (χ1n) is 12.9. The number of nitrogens with zero attached hydrogens (tertiary/aromatic N) is 2. The highest BCUT2D eigenvalue weighted by Crippen LogP contribution is 2.32. The zero-order chi connectivity index (χ0) is 26.2. The van der Waals surface area contributed by atoms with Crippen LogP contribution in [0.15, 0.2) is 42.5 Å². The van der Waals surface area contributed by atoms with Crippen molar-refractivity contribution in [1.82, 2.24) is 0 Å². The molecule has 8 nitrogen and oxygen atoms in total. The maximum Gasteiger partial charge on any atom is 0.305 e. The minimum atomic E-state index is -0.848. The van der Waals surface area contributed by atoms with Crippen molar-refractivity contribution in [3.63, 3.8) is 0 Å². The Morgan fingerprint density at radius 1 is 1.11 bits per heavy atom. The van der Waals surface area contributed by atoms with Crippen LogP contribution in [0.3, 0.4) is 0 Å². The number of aliphatic carboxylic acids is 1. The van der Waals surface area contributed by atoms with E-state index >= 15 is 0 Å². The minimum Gasteiger partial charge on any atom is -0.494 e. The van der Waals surface area contributed by atoms with E-state index in [0.29, 0.717) is 57.1 Å². The molecular weight excluding hydrogens is 479 g/mol. The number of hydrogen-bond donors (Lipinski definition) is 1. The topological polar surface area (TPSA) is 88.5 Å². The first-order valence-corrected chi connectivity index (χ1v) is 12.9. The molecule has 0 aliphatic carbocycles. The molecule has 0 radical (unpaired) electrons. The van der Waals surface area contributed by atoms with E-state index in [1.54, 1.807) is 12.1 Å². The Morgan fingerprint density at radius 2 is 1.84 bits per heavy atom. The number of carboxylic acids is 1. The average molecular weight is 515 g/mol. The third-order valence-corrected chi connectivity index (χ3v) is 6.86. The number of carboxylic acid groups (broad SMARTS) is 1. The molecule has 1 N–H and O–H groups in total. The van der Waals surface area contributed by atoms with Crippen LogP contribution in [0, 0.1) is 5.82 Å². The molecule has 0 saturated carbocycles. The Bertz CT molecular complexity index is 1040. The summed E-state index contributed by atoms with van der Waals surface area (Å²) in [5.74, 6) is 0.316. The van der Waals surface area contributed by atoms with Gasteiger partial charge in [0.2, 0.25) is 0 Å². The molecule has 0 aromatic heterocycles. The van der Waals surface area contributed by atoms with Crippen LogP contribution in [0.25, 0.3) is 0 Å². The predicted molar refractivity (Wildman–Crippen MR) is 138 cm³/mol. The van der Waals surface area contributed by atoms with E-state index in [-0.39, 0.29) is 30.5 Å². The molecule has 2 heterocycles. The SMILES string of the molecule is CCOc1ccc(F)c(N2CCC(Oc3ccc(N4C[C@H](OCCC=O)C[C@@H]4CC(=O)O)cc3)CC2)c1. The summed E-state index contributed by atoms with van der Waals surface area (Å²) in [7, 11) is 0. The van der Waals surface area contributed by atoms with Crippen molar-refractivity contribution in [2.24, 2.45) is 0 Å². The molecule has 2 saturated heterocycles. The van der Waals surface area contributed by atoms with Gasteiger partial charge in [-0.3, -0.25) is 4.79 Å². The van der Waals surface area contributed by atoms with E-state index in [0.717, 1.165) is 30.6 Å². The largest absolute Gasteiger partial charge is 0.494 e. The Morgan fingerprint density at radius 3 is 2.51 bits per heavy atom. The number of carbonyl (C=O) groups excluding carboxylic acids is 1. The molecule has 2 aliphatic rings. The van der Waals surface area contributed by atoms with Crippen LogP contribution in [-0.4, -0.2) is 68.5 Å². The number of benzene rings is 2. The number of hydrogen-bond acceptors (Lipinski definition) is 7. The van der Waals surface area contributed by atoms with Crippen molar-refractivity contribution in [3.8, 4) is 11.5 Å². The average Bonchev–Trinajstić information content (AvgIpc) is 3.28. The second-order valence-corrected chi connectivity index (χ2v) is 9.43. The maximum absolute atomic E-state index is 14.4. The van der Waals surface area contributed by atoms with Crippen LogP contribution >= 0.6 is 0 Å². The second-order valence-electron chi connectivity index (χ2n) is 9.43. The molecule has 200 valence electrons. The number of aldehydes is 1. The van der Waals surface area contributed by atoms with Gasteiger partial charge in [-0.1, -0.05) is 0 Å². The van der Waals surface area contributed by atoms with Crippen LogP contribution in [-0.2, 0) is 14.3 Å². The standard InChI is InChI=1S/C28H35FN2O6/c1-2-35-24-8-9-26(29)27(18-24)30-12-10-23(11-13-30)37-22-6-4-20(5-7-22)31-19-25(36-15-3-14-32)16-21(31)17-28(33)34/h4-9,14,18,21,23,25H,2-3,10-13,15-17,19H2,1H3,(H,33,34)/t21-,25-/m1/s1. The Hall–Kier alpha value is -3.33.